The summed E-state index contributed by atoms with van der Waals surface area (Å²) in [7, 11) is 2.07. The van der Waals surface area contributed by atoms with E-state index in [9.17, 15) is 5.11 Å². The van der Waals surface area contributed by atoms with E-state index >= 15 is 0 Å². The SMILES string of the molecule is CN(CCN1CCOCC1)[C@@H](CO)c1cccc(Br)c1. The van der Waals surface area contributed by atoms with Crippen molar-refractivity contribution in [2.75, 3.05) is 53.0 Å². The quantitative estimate of drug-likeness (QED) is 0.854. The summed E-state index contributed by atoms with van der Waals surface area (Å²) in [5.41, 5.74) is 1.14. The smallest absolute Gasteiger partial charge is 0.0628 e. The minimum atomic E-state index is 0.0496. The van der Waals surface area contributed by atoms with Crippen LogP contribution in [0.1, 0.15) is 11.6 Å². The van der Waals surface area contributed by atoms with Gasteiger partial charge < -0.3 is 9.84 Å². The molecule has 4 nitrogen and oxygen atoms in total. The molecular weight excluding hydrogens is 320 g/mol. The zero-order chi connectivity index (χ0) is 14.4. The lowest BCUT2D eigenvalue weighted by Crippen LogP contribution is -2.41. The second kappa shape index (κ2) is 8.10. The lowest BCUT2D eigenvalue weighted by Gasteiger charge is -2.31. The lowest BCUT2D eigenvalue weighted by molar-refractivity contribution is 0.0306. The molecule has 0 bridgehead atoms. The number of hydrogen-bond donors (Lipinski definition) is 1. The second-order valence-corrected chi connectivity index (χ2v) is 6.10. The van der Waals surface area contributed by atoms with Crippen LogP contribution in [0.3, 0.4) is 0 Å². The standard InChI is InChI=1S/C15H23BrN2O2/c1-17(5-6-18-7-9-20-10-8-18)15(12-19)13-3-2-4-14(16)11-13/h2-4,11,15,19H,5-10,12H2,1H3/t15-/m0/s1. The molecule has 1 saturated heterocycles. The van der Waals surface area contributed by atoms with Crippen molar-refractivity contribution in [3.05, 3.63) is 34.3 Å². The molecule has 0 aromatic heterocycles. The van der Waals surface area contributed by atoms with Crippen molar-refractivity contribution in [1.82, 2.24) is 9.80 Å². The number of likely N-dealkylation sites (N-methyl/N-ethyl adjacent to an activating group) is 1. The third-order valence-corrected chi connectivity index (χ3v) is 4.30. The van der Waals surface area contributed by atoms with E-state index in [2.05, 4.69) is 44.9 Å². The van der Waals surface area contributed by atoms with Gasteiger partial charge in [-0.05, 0) is 24.7 Å². The number of hydrogen-bond acceptors (Lipinski definition) is 4. The van der Waals surface area contributed by atoms with Crippen molar-refractivity contribution in [3.63, 3.8) is 0 Å². The first-order chi connectivity index (χ1) is 9.70. The molecule has 1 aromatic carbocycles. The van der Waals surface area contributed by atoms with Crippen LogP contribution in [0, 0.1) is 0 Å². The van der Waals surface area contributed by atoms with Gasteiger partial charge in [0.05, 0.1) is 25.9 Å². The maximum absolute atomic E-state index is 9.69. The highest BCUT2D eigenvalue weighted by atomic mass is 79.9. The highest BCUT2D eigenvalue weighted by Crippen LogP contribution is 2.22. The van der Waals surface area contributed by atoms with Crippen LogP contribution in [0.25, 0.3) is 0 Å². The van der Waals surface area contributed by atoms with E-state index in [1.807, 2.05) is 12.1 Å². The van der Waals surface area contributed by atoms with Crippen LogP contribution < -0.4 is 0 Å². The monoisotopic (exact) mass is 342 g/mol. The lowest BCUT2D eigenvalue weighted by atomic mass is 10.1. The first-order valence-corrected chi connectivity index (χ1v) is 7.86. The van der Waals surface area contributed by atoms with Gasteiger partial charge in [0.2, 0.25) is 0 Å². The third-order valence-electron chi connectivity index (χ3n) is 3.81. The number of aliphatic hydroxyl groups excluding tert-OH is 1. The van der Waals surface area contributed by atoms with Gasteiger partial charge in [0, 0.05) is 30.7 Å². The molecule has 1 aliphatic heterocycles. The molecule has 1 fully saturated rings. The third kappa shape index (κ3) is 4.53. The van der Waals surface area contributed by atoms with Crippen molar-refractivity contribution >= 4 is 15.9 Å². The zero-order valence-corrected chi connectivity index (χ0v) is 13.6. The van der Waals surface area contributed by atoms with Crippen LogP contribution in [0.5, 0.6) is 0 Å². The molecule has 1 aromatic rings. The average Bonchev–Trinajstić information content (AvgIpc) is 2.47. The van der Waals surface area contributed by atoms with Gasteiger partial charge in [-0.2, -0.15) is 0 Å². The Morgan fingerprint density at radius 1 is 1.40 bits per heavy atom. The zero-order valence-electron chi connectivity index (χ0n) is 12.0. The fourth-order valence-electron chi connectivity index (χ4n) is 2.49. The van der Waals surface area contributed by atoms with E-state index in [-0.39, 0.29) is 12.6 Å². The van der Waals surface area contributed by atoms with Crippen LogP contribution in [0.15, 0.2) is 28.7 Å². The van der Waals surface area contributed by atoms with E-state index in [0.29, 0.717) is 0 Å². The summed E-state index contributed by atoms with van der Waals surface area (Å²) in [6.45, 7) is 5.78. The Morgan fingerprint density at radius 3 is 2.80 bits per heavy atom. The van der Waals surface area contributed by atoms with E-state index in [1.165, 1.54) is 0 Å². The van der Waals surface area contributed by atoms with Crippen molar-refractivity contribution in [2.24, 2.45) is 0 Å². The first kappa shape index (κ1) is 15.9. The number of rotatable bonds is 6. The van der Waals surface area contributed by atoms with Gasteiger partial charge in [0.1, 0.15) is 0 Å². The van der Waals surface area contributed by atoms with Crippen LogP contribution in [0.2, 0.25) is 0 Å². The summed E-state index contributed by atoms with van der Waals surface area (Å²) in [4.78, 5) is 4.63. The van der Waals surface area contributed by atoms with E-state index in [4.69, 9.17) is 4.74 Å². The minimum Gasteiger partial charge on any atom is -0.394 e. The number of morpholine rings is 1. The number of aliphatic hydroxyl groups is 1. The highest BCUT2D eigenvalue weighted by molar-refractivity contribution is 9.10. The summed E-state index contributed by atoms with van der Waals surface area (Å²) in [6.07, 6.45) is 0. The van der Waals surface area contributed by atoms with Crippen molar-refractivity contribution in [1.29, 1.82) is 0 Å². The van der Waals surface area contributed by atoms with Gasteiger partial charge in [-0.3, -0.25) is 9.80 Å². The number of benzene rings is 1. The summed E-state index contributed by atoms with van der Waals surface area (Å²) >= 11 is 3.49. The predicted octanol–water partition coefficient (Wildman–Crippen LogP) is 1.75. The van der Waals surface area contributed by atoms with Crippen LogP contribution >= 0.6 is 15.9 Å². The topological polar surface area (TPSA) is 35.9 Å². The molecule has 112 valence electrons. The fraction of sp³-hybridized carbons (Fsp3) is 0.600. The Labute approximate surface area is 129 Å². The Balaban J connectivity index is 1.89. The molecule has 0 spiro atoms. The number of nitrogens with zero attached hydrogens (tertiary/aromatic N) is 2. The summed E-state index contributed by atoms with van der Waals surface area (Å²) < 4.78 is 6.41. The molecule has 0 unspecified atom stereocenters. The van der Waals surface area contributed by atoms with Gasteiger partial charge >= 0.3 is 0 Å². The van der Waals surface area contributed by atoms with Crippen LogP contribution in [0.4, 0.5) is 0 Å². The molecule has 1 atom stereocenters. The Morgan fingerprint density at radius 2 is 2.15 bits per heavy atom. The maximum Gasteiger partial charge on any atom is 0.0628 e. The Bertz CT molecular complexity index is 411. The number of ether oxygens (including phenoxy) is 1. The fourth-order valence-corrected chi connectivity index (χ4v) is 2.91. The van der Waals surface area contributed by atoms with Gasteiger partial charge in [-0.15, -0.1) is 0 Å². The average molecular weight is 343 g/mol. The number of halogens is 1. The molecule has 20 heavy (non-hydrogen) atoms. The van der Waals surface area contributed by atoms with E-state index in [1.54, 1.807) is 0 Å². The van der Waals surface area contributed by atoms with Gasteiger partial charge in [-0.25, -0.2) is 0 Å². The Hall–Kier alpha value is -0.460. The minimum absolute atomic E-state index is 0.0496. The molecular formula is C15H23BrN2O2. The molecule has 1 aliphatic rings. The molecule has 0 amide bonds. The molecule has 1 heterocycles. The highest BCUT2D eigenvalue weighted by Gasteiger charge is 2.18. The molecule has 1 N–H and O–H groups in total. The summed E-state index contributed by atoms with van der Waals surface area (Å²) in [6, 6.07) is 8.21. The molecule has 0 aliphatic carbocycles. The van der Waals surface area contributed by atoms with Crippen molar-refractivity contribution < 1.29 is 9.84 Å². The molecule has 5 heteroatoms. The largest absolute Gasteiger partial charge is 0.394 e. The summed E-state index contributed by atoms with van der Waals surface area (Å²) in [5.74, 6) is 0. The normalized spacial score (nSPS) is 18.4. The van der Waals surface area contributed by atoms with Gasteiger partial charge in [0.15, 0.2) is 0 Å². The maximum atomic E-state index is 9.69. The predicted molar refractivity (Wildman–Crippen MR) is 83.9 cm³/mol. The van der Waals surface area contributed by atoms with Crippen LogP contribution in [-0.4, -0.2) is 68.0 Å². The van der Waals surface area contributed by atoms with E-state index < -0.39 is 0 Å². The van der Waals surface area contributed by atoms with Gasteiger partial charge in [0.25, 0.3) is 0 Å². The Kier molecular flexibility index (Phi) is 6.45. The van der Waals surface area contributed by atoms with Crippen molar-refractivity contribution in [3.8, 4) is 0 Å². The molecule has 0 saturated carbocycles. The molecule has 2 rings (SSSR count). The first-order valence-electron chi connectivity index (χ1n) is 7.07. The summed E-state index contributed by atoms with van der Waals surface area (Å²) in [5, 5.41) is 9.69. The van der Waals surface area contributed by atoms with Crippen molar-refractivity contribution in [2.45, 2.75) is 6.04 Å². The second-order valence-electron chi connectivity index (χ2n) is 5.19. The molecule has 0 radical (unpaired) electrons. The van der Waals surface area contributed by atoms with Crippen LogP contribution in [-0.2, 0) is 4.74 Å². The van der Waals surface area contributed by atoms with Gasteiger partial charge in [-0.1, -0.05) is 28.1 Å². The van der Waals surface area contributed by atoms with E-state index in [0.717, 1.165) is 49.4 Å².